The molecule has 0 aromatic heterocycles. The highest BCUT2D eigenvalue weighted by molar-refractivity contribution is 8.18. The monoisotopic (exact) mass is 375 g/mol. The van der Waals surface area contributed by atoms with Crippen LogP contribution in [-0.2, 0) is 9.59 Å². The molecule has 26 heavy (non-hydrogen) atoms. The van der Waals surface area contributed by atoms with Crippen molar-refractivity contribution in [3.05, 3.63) is 44.8 Å². The molecule has 0 aliphatic carbocycles. The number of non-ortho nitro benzene ring substituents is 1. The fourth-order valence-electron chi connectivity index (χ4n) is 2.86. The molecule has 2 heterocycles. The number of thioether (sulfide) groups is 1. The number of imide groups is 1. The summed E-state index contributed by atoms with van der Waals surface area (Å²) in [5, 5.41) is 10.2. The number of benzene rings is 1. The van der Waals surface area contributed by atoms with E-state index in [0.29, 0.717) is 18.7 Å². The quantitative estimate of drug-likeness (QED) is 0.455. The summed E-state index contributed by atoms with van der Waals surface area (Å²) in [5.74, 6) is -0.729. The van der Waals surface area contributed by atoms with E-state index in [9.17, 15) is 24.5 Å². The molecule has 2 fully saturated rings. The van der Waals surface area contributed by atoms with Crippen LogP contribution in [0.4, 0.5) is 10.5 Å². The highest BCUT2D eigenvalue weighted by Crippen LogP contribution is 2.32. The molecule has 9 heteroatoms. The predicted molar refractivity (Wildman–Crippen MR) is 96.2 cm³/mol. The Hall–Kier alpha value is -2.68. The molecule has 0 N–H and O–H groups in total. The first-order chi connectivity index (χ1) is 12.5. The summed E-state index contributed by atoms with van der Waals surface area (Å²) in [4.78, 5) is 49.9. The normalized spacial score (nSPS) is 19.3. The van der Waals surface area contributed by atoms with Crippen molar-refractivity contribution in [2.24, 2.45) is 0 Å². The molecule has 2 saturated heterocycles. The van der Waals surface area contributed by atoms with Crippen molar-refractivity contribution in [3.63, 3.8) is 0 Å². The Balaban J connectivity index is 1.69. The lowest BCUT2D eigenvalue weighted by atomic mass is 10.1. The van der Waals surface area contributed by atoms with Gasteiger partial charge in [-0.3, -0.25) is 29.4 Å². The number of nitro groups is 1. The van der Waals surface area contributed by atoms with Crippen molar-refractivity contribution in [1.82, 2.24) is 9.80 Å². The van der Waals surface area contributed by atoms with E-state index in [1.165, 1.54) is 30.3 Å². The minimum absolute atomic E-state index is 0.0533. The maximum atomic E-state index is 12.5. The van der Waals surface area contributed by atoms with Gasteiger partial charge in [0.15, 0.2) is 0 Å². The van der Waals surface area contributed by atoms with Gasteiger partial charge in [-0.05, 0) is 54.8 Å². The molecule has 3 rings (SSSR count). The Bertz CT molecular complexity index is 784. The SMILES string of the molecule is O=C(CN1C(=O)S/C(=C/c2ccc([N+](=O)[O-])cc2)C1=O)N1CCCCC1. The minimum atomic E-state index is -0.510. The number of carbonyl (C=O) groups is 3. The maximum absolute atomic E-state index is 12.5. The van der Waals surface area contributed by atoms with Crippen molar-refractivity contribution in [1.29, 1.82) is 0 Å². The van der Waals surface area contributed by atoms with E-state index in [4.69, 9.17) is 0 Å². The number of hydrogen-bond donors (Lipinski definition) is 0. The van der Waals surface area contributed by atoms with Gasteiger partial charge in [0, 0.05) is 25.2 Å². The van der Waals surface area contributed by atoms with E-state index in [-0.39, 0.29) is 23.0 Å². The number of piperidine rings is 1. The molecule has 2 aliphatic rings. The summed E-state index contributed by atoms with van der Waals surface area (Å²) in [6.45, 7) is 1.07. The molecular weight excluding hydrogens is 358 g/mol. The number of hydrogen-bond acceptors (Lipinski definition) is 6. The van der Waals surface area contributed by atoms with E-state index in [0.717, 1.165) is 35.9 Å². The number of rotatable bonds is 4. The Morgan fingerprint density at radius 1 is 1.15 bits per heavy atom. The van der Waals surface area contributed by atoms with Gasteiger partial charge in [-0.25, -0.2) is 0 Å². The first-order valence-electron chi connectivity index (χ1n) is 8.23. The van der Waals surface area contributed by atoms with Gasteiger partial charge in [0.05, 0.1) is 9.83 Å². The van der Waals surface area contributed by atoms with Crippen molar-refractivity contribution in [2.75, 3.05) is 19.6 Å². The number of amides is 3. The lowest BCUT2D eigenvalue weighted by Gasteiger charge is -2.27. The van der Waals surface area contributed by atoms with Crippen molar-refractivity contribution in [2.45, 2.75) is 19.3 Å². The van der Waals surface area contributed by atoms with Crippen LogP contribution in [0.2, 0.25) is 0 Å². The number of nitrogens with zero attached hydrogens (tertiary/aromatic N) is 3. The Morgan fingerprint density at radius 3 is 2.42 bits per heavy atom. The molecule has 0 radical (unpaired) electrons. The highest BCUT2D eigenvalue weighted by Gasteiger charge is 2.37. The van der Waals surface area contributed by atoms with Crippen molar-refractivity contribution < 1.29 is 19.3 Å². The molecule has 0 atom stereocenters. The van der Waals surface area contributed by atoms with Crippen LogP contribution in [0.3, 0.4) is 0 Å². The number of carbonyl (C=O) groups excluding carboxylic acids is 3. The van der Waals surface area contributed by atoms with Crippen molar-refractivity contribution >= 4 is 40.6 Å². The summed E-state index contributed by atoms with van der Waals surface area (Å²) in [6, 6.07) is 5.67. The highest BCUT2D eigenvalue weighted by atomic mass is 32.2. The molecule has 3 amide bonds. The third-order valence-electron chi connectivity index (χ3n) is 4.28. The summed E-state index contributed by atoms with van der Waals surface area (Å²) in [6.07, 6.45) is 4.46. The average Bonchev–Trinajstić information content (AvgIpc) is 2.90. The first kappa shape index (κ1) is 18.1. The van der Waals surface area contributed by atoms with Crippen LogP contribution < -0.4 is 0 Å². The van der Waals surface area contributed by atoms with Crippen LogP contribution in [-0.4, -0.2) is 51.4 Å². The largest absolute Gasteiger partial charge is 0.341 e. The molecule has 0 bridgehead atoms. The van der Waals surface area contributed by atoms with Crippen LogP contribution in [0.5, 0.6) is 0 Å². The lowest BCUT2D eigenvalue weighted by Crippen LogP contribution is -2.44. The van der Waals surface area contributed by atoms with Gasteiger partial charge in [0.1, 0.15) is 6.54 Å². The zero-order chi connectivity index (χ0) is 18.7. The Labute approximate surface area is 154 Å². The molecule has 2 aliphatic heterocycles. The molecule has 1 aromatic carbocycles. The minimum Gasteiger partial charge on any atom is -0.341 e. The second kappa shape index (κ2) is 7.69. The smallest absolute Gasteiger partial charge is 0.294 e. The molecule has 136 valence electrons. The molecule has 0 unspecified atom stereocenters. The van der Waals surface area contributed by atoms with Crippen LogP contribution in [0.15, 0.2) is 29.2 Å². The summed E-state index contributed by atoms with van der Waals surface area (Å²) < 4.78 is 0. The maximum Gasteiger partial charge on any atom is 0.294 e. The van der Waals surface area contributed by atoms with Gasteiger partial charge in [-0.15, -0.1) is 0 Å². The molecule has 0 saturated carbocycles. The Morgan fingerprint density at radius 2 is 1.81 bits per heavy atom. The topological polar surface area (TPSA) is 101 Å². The second-order valence-corrected chi connectivity index (χ2v) is 7.05. The van der Waals surface area contributed by atoms with Crippen LogP contribution >= 0.6 is 11.8 Å². The van der Waals surface area contributed by atoms with Crippen LogP contribution in [0.1, 0.15) is 24.8 Å². The van der Waals surface area contributed by atoms with E-state index in [1.807, 2.05) is 0 Å². The third kappa shape index (κ3) is 3.93. The van der Waals surface area contributed by atoms with Gasteiger partial charge in [0.25, 0.3) is 16.8 Å². The third-order valence-corrected chi connectivity index (χ3v) is 5.18. The summed E-state index contributed by atoms with van der Waals surface area (Å²) >= 11 is 0.770. The van der Waals surface area contributed by atoms with Crippen LogP contribution in [0.25, 0.3) is 6.08 Å². The number of nitro benzene ring substituents is 1. The van der Waals surface area contributed by atoms with Gasteiger partial charge >= 0.3 is 0 Å². The standard InChI is InChI=1S/C17H17N3O5S/c21-15(18-8-2-1-3-9-18)11-19-16(22)14(26-17(19)23)10-12-4-6-13(7-5-12)20(24)25/h4-7,10H,1-3,8-9,11H2/b14-10+. The van der Waals surface area contributed by atoms with Gasteiger partial charge in [-0.1, -0.05) is 0 Å². The summed E-state index contributed by atoms with van der Waals surface area (Å²) in [7, 11) is 0. The number of likely N-dealkylation sites (tertiary alicyclic amines) is 1. The summed E-state index contributed by atoms with van der Waals surface area (Å²) in [5.41, 5.74) is 0.519. The van der Waals surface area contributed by atoms with Gasteiger partial charge < -0.3 is 4.90 Å². The second-order valence-electron chi connectivity index (χ2n) is 6.06. The fraction of sp³-hybridized carbons (Fsp3) is 0.353. The van der Waals surface area contributed by atoms with E-state index >= 15 is 0 Å². The zero-order valence-electron chi connectivity index (χ0n) is 13.9. The van der Waals surface area contributed by atoms with E-state index in [2.05, 4.69) is 0 Å². The van der Waals surface area contributed by atoms with E-state index < -0.39 is 16.1 Å². The van der Waals surface area contributed by atoms with Gasteiger partial charge in [-0.2, -0.15) is 0 Å². The predicted octanol–water partition coefficient (Wildman–Crippen LogP) is 2.64. The molecule has 1 aromatic rings. The average molecular weight is 375 g/mol. The van der Waals surface area contributed by atoms with Crippen molar-refractivity contribution in [3.8, 4) is 0 Å². The van der Waals surface area contributed by atoms with E-state index in [1.54, 1.807) is 4.90 Å². The zero-order valence-corrected chi connectivity index (χ0v) is 14.7. The first-order valence-corrected chi connectivity index (χ1v) is 9.05. The molecule has 0 spiro atoms. The molecule has 8 nitrogen and oxygen atoms in total. The molecular formula is C17H17N3O5S. The lowest BCUT2D eigenvalue weighted by molar-refractivity contribution is -0.384. The fourth-order valence-corrected chi connectivity index (χ4v) is 3.70. The Kier molecular flexibility index (Phi) is 5.36. The van der Waals surface area contributed by atoms with Crippen LogP contribution in [0, 0.1) is 10.1 Å². The van der Waals surface area contributed by atoms with Gasteiger partial charge in [0.2, 0.25) is 5.91 Å².